The predicted molar refractivity (Wildman–Crippen MR) is 59.7 cm³/mol. The molecule has 1 saturated carbocycles. The summed E-state index contributed by atoms with van der Waals surface area (Å²) >= 11 is 0. The van der Waals surface area contributed by atoms with Crippen LogP contribution in [0.25, 0.3) is 11.2 Å². The third kappa shape index (κ3) is 1.62. The summed E-state index contributed by atoms with van der Waals surface area (Å²) in [4.78, 5) is 12.1. The van der Waals surface area contributed by atoms with Crippen molar-refractivity contribution in [3.63, 3.8) is 0 Å². The van der Waals surface area contributed by atoms with Crippen molar-refractivity contribution in [2.24, 2.45) is 5.92 Å². The van der Waals surface area contributed by atoms with Crippen LogP contribution in [0.1, 0.15) is 30.8 Å². The van der Waals surface area contributed by atoms with E-state index < -0.39 is 0 Å². The molecule has 1 aliphatic rings. The van der Waals surface area contributed by atoms with Crippen molar-refractivity contribution in [1.82, 2.24) is 15.0 Å². The largest absolute Gasteiger partial charge is 0.341 e. The van der Waals surface area contributed by atoms with E-state index in [1.54, 1.807) is 0 Å². The molecular weight excluding hydrogens is 186 g/mol. The van der Waals surface area contributed by atoms with Crippen LogP contribution in [0, 0.1) is 12.8 Å². The van der Waals surface area contributed by atoms with E-state index in [0.29, 0.717) is 0 Å². The van der Waals surface area contributed by atoms with Gasteiger partial charge in [-0.3, -0.25) is 0 Å². The predicted octanol–water partition coefficient (Wildman–Crippen LogP) is 2.61. The lowest BCUT2D eigenvalue weighted by molar-refractivity contribution is 0.312. The van der Waals surface area contributed by atoms with Crippen LogP contribution in [0.3, 0.4) is 0 Å². The van der Waals surface area contributed by atoms with E-state index in [4.69, 9.17) is 0 Å². The number of aromatic nitrogens is 3. The number of hydrogen-bond acceptors (Lipinski definition) is 2. The summed E-state index contributed by atoms with van der Waals surface area (Å²) in [6.07, 6.45) is 5.27. The van der Waals surface area contributed by atoms with Gasteiger partial charge < -0.3 is 4.98 Å². The molecular formula is C12H15N3. The maximum absolute atomic E-state index is 4.58. The van der Waals surface area contributed by atoms with E-state index in [0.717, 1.165) is 29.3 Å². The molecule has 3 heteroatoms. The van der Waals surface area contributed by atoms with Gasteiger partial charge in [-0.2, -0.15) is 0 Å². The van der Waals surface area contributed by atoms with E-state index >= 15 is 0 Å². The van der Waals surface area contributed by atoms with Crippen molar-refractivity contribution in [2.45, 2.75) is 32.6 Å². The average molecular weight is 201 g/mol. The maximum atomic E-state index is 4.58. The third-order valence-corrected chi connectivity index (χ3v) is 3.24. The highest BCUT2D eigenvalue weighted by Gasteiger charge is 2.18. The first-order valence-electron chi connectivity index (χ1n) is 5.63. The van der Waals surface area contributed by atoms with Gasteiger partial charge in [0.05, 0.1) is 5.52 Å². The van der Waals surface area contributed by atoms with Crippen molar-refractivity contribution >= 4 is 11.2 Å². The molecule has 2 aromatic heterocycles. The first-order valence-corrected chi connectivity index (χ1v) is 5.63. The number of hydrogen-bond donors (Lipinski definition) is 1. The molecule has 1 aliphatic carbocycles. The van der Waals surface area contributed by atoms with Crippen molar-refractivity contribution in [3.05, 3.63) is 23.7 Å². The SMILES string of the molecule is Cc1nc2nc(CC3CCC3)ccc2[nH]1. The third-order valence-electron chi connectivity index (χ3n) is 3.24. The minimum atomic E-state index is 0.865. The molecule has 0 aromatic carbocycles. The molecule has 0 amide bonds. The second-order valence-corrected chi connectivity index (χ2v) is 4.50. The number of fused-ring (bicyclic) bond motifs is 1. The van der Waals surface area contributed by atoms with Gasteiger partial charge in [0.25, 0.3) is 0 Å². The van der Waals surface area contributed by atoms with Gasteiger partial charge in [-0.25, -0.2) is 9.97 Å². The zero-order chi connectivity index (χ0) is 10.3. The summed E-state index contributed by atoms with van der Waals surface area (Å²) in [6, 6.07) is 4.22. The van der Waals surface area contributed by atoms with Crippen molar-refractivity contribution in [2.75, 3.05) is 0 Å². The van der Waals surface area contributed by atoms with Gasteiger partial charge in [-0.15, -0.1) is 0 Å². The molecule has 0 saturated heterocycles. The summed E-state index contributed by atoms with van der Waals surface area (Å²) in [5, 5.41) is 0. The van der Waals surface area contributed by atoms with Gasteiger partial charge in [0.1, 0.15) is 5.82 Å². The molecule has 15 heavy (non-hydrogen) atoms. The highest BCUT2D eigenvalue weighted by Crippen LogP contribution is 2.29. The Morgan fingerprint density at radius 1 is 1.33 bits per heavy atom. The first kappa shape index (κ1) is 8.89. The number of rotatable bonds is 2. The Kier molecular flexibility index (Phi) is 1.97. The Hall–Kier alpha value is -1.38. The van der Waals surface area contributed by atoms with Gasteiger partial charge >= 0.3 is 0 Å². The molecule has 0 spiro atoms. The average Bonchev–Trinajstić information content (AvgIpc) is 2.50. The zero-order valence-electron chi connectivity index (χ0n) is 8.95. The van der Waals surface area contributed by atoms with E-state index in [-0.39, 0.29) is 0 Å². The zero-order valence-corrected chi connectivity index (χ0v) is 8.95. The Bertz CT molecular complexity index is 483. The van der Waals surface area contributed by atoms with Gasteiger partial charge in [0, 0.05) is 5.69 Å². The minimum absolute atomic E-state index is 0.865. The molecule has 0 aliphatic heterocycles. The molecule has 1 N–H and O–H groups in total. The van der Waals surface area contributed by atoms with Crippen LogP contribution in [0.4, 0.5) is 0 Å². The van der Waals surface area contributed by atoms with Gasteiger partial charge in [-0.1, -0.05) is 19.3 Å². The summed E-state index contributed by atoms with van der Waals surface area (Å²) in [6.45, 7) is 1.97. The second-order valence-electron chi connectivity index (χ2n) is 4.50. The van der Waals surface area contributed by atoms with Crippen molar-refractivity contribution in [3.8, 4) is 0 Å². The molecule has 0 bridgehead atoms. The van der Waals surface area contributed by atoms with Crippen LogP contribution >= 0.6 is 0 Å². The fraction of sp³-hybridized carbons (Fsp3) is 0.500. The fourth-order valence-electron chi connectivity index (χ4n) is 2.16. The monoisotopic (exact) mass is 201 g/mol. The number of imidazole rings is 1. The van der Waals surface area contributed by atoms with Crippen LogP contribution in [0.2, 0.25) is 0 Å². The standard InChI is InChI=1S/C12H15N3/c1-8-13-11-6-5-10(15-12(11)14-8)7-9-3-2-4-9/h5-6,9H,2-4,7H2,1H3,(H,13,14,15). The number of aromatic amines is 1. The molecule has 3 rings (SSSR count). The van der Waals surface area contributed by atoms with E-state index in [2.05, 4.69) is 27.1 Å². The quantitative estimate of drug-likeness (QED) is 0.811. The highest BCUT2D eigenvalue weighted by atomic mass is 15.0. The summed E-state index contributed by atoms with van der Waals surface area (Å²) < 4.78 is 0. The second kappa shape index (κ2) is 3.33. The van der Waals surface area contributed by atoms with Crippen LogP contribution in [-0.4, -0.2) is 15.0 Å². The topological polar surface area (TPSA) is 41.6 Å². The van der Waals surface area contributed by atoms with E-state index in [9.17, 15) is 0 Å². The lowest BCUT2D eigenvalue weighted by Gasteiger charge is -2.24. The molecule has 0 atom stereocenters. The van der Waals surface area contributed by atoms with Crippen LogP contribution in [0.15, 0.2) is 12.1 Å². The Balaban J connectivity index is 1.90. The van der Waals surface area contributed by atoms with Crippen molar-refractivity contribution < 1.29 is 0 Å². The molecule has 1 fully saturated rings. The normalized spacial score (nSPS) is 16.9. The molecule has 3 nitrogen and oxygen atoms in total. The highest BCUT2D eigenvalue weighted by molar-refractivity contribution is 5.70. The van der Waals surface area contributed by atoms with E-state index in [1.807, 2.05) is 6.92 Å². The minimum Gasteiger partial charge on any atom is -0.341 e. The number of pyridine rings is 1. The summed E-state index contributed by atoms with van der Waals surface area (Å²) in [5.41, 5.74) is 3.10. The Morgan fingerprint density at radius 3 is 2.93 bits per heavy atom. The summed E-state index contributed by atoms with van der Waals surface area (Å²) in [7, 11) is 0. The Morgan fingerprint density at radius 2 is 2.20 bits per heavy atom. The Labute approximate surface area is 88.9 Å². The van der Waals surface area contributed by atoms with E-state index in [1.165, 1.54) is 25.0 Å². The van der Waals surface area contributed by atoms with Gasteiger partial charge in [0.2, 0.25) is 0 Å². The number of nitrogens with one attached hydrogen (secondary N) is 1. The molecule has 0 radical (unpaired) electrons. The number of nitrogens with zero attached hydrogens (tertiary/aromatic N) is 2. The van der Waals surface area contributed by atoms with Crippen LogP contribution in [-0.2, 0) is 6.42 Å². The van der Waals surface area contributed by atoms with Crippen molar-refractivity contribution in [1.29, 1.82) is 0 Å². The van der Waals surface area contributed by atoms with Gasteiger partial charge in [-0.05, 0) is 31.4 Å². The molecule has 78 valence electrons. The lowest BCUT2D eigenvalue weighted by atomic mass is 9.82. The summed E-state index contributed by atoms with van der Waals surface area (Å²) in [5.74, 6) is 1.81. The molecule has 0 unspecified atom stereocenters. The fourth-order valence-corrected chi connectivity index (χ4v) is 2.16. The number of aryl methyl sites for hydroxylation is 1. The number of H-pyrrole nitrogens is 1. The maximum Gasteiger partial charge on any atom is 0.177 e. The first-order chi connectivity index (χ1) is 7.31. The smallest absolute Gasteiger partial charge is 0.177 e. The van der Waals surface area contributed by atoms with Gasteiger partial charge in [0.15, 0.2) is 5.65 Å². The molecule has 2 aromatic rings. The van der Waals surface area contributed by atoms with Crippen LogP contribution < -0.4 is 0 Å². The molecule has 2 heterocycles. The van der Waals surface area contributed by atoms with Crippen LogP contribution in [0.5, 0.6) is 0 Å². The lowest BCUT2D eigenvalue weighted by Crippen LogP contribution is -2.14.